The quantitative estimate of drug-likeness (QED) is 0.484. The second kappa shape index (κ2) is 10.2. The monoisotopic (exact) mass is 457 g/mol. The summed E-state index contributed by atoms with van der Waals surface area (Å²) in [4.78, 5) is 29.6. The van der Waals surface area contributed by atoms with E-state index in [-0.39, 0.29) is 11.7 Å². The van der Waals surface area contributed by atoms with E-state index in [1.165, 1.54) is 4.68 Å². The van der Waals surface area contributed by atoms with Gasteiger partial charge in [0.1, 0.15) is 6.04 Å². The molecule has 1 aliphatic heterocycles. The number of hydrogen-bond donors (Lipinski definition) is 0. The Morgan fingerprint density at radius 3 is 2.84 bits per heavy atom. The fraction of sp³-hybridized carbons (Fsp3) is 0.435. The third kappa shape index (κ3) is 4.97. The molecular formula is C23H28ClN5O3. The molecule has 9 heteroatoms. The molecular weight excluding hydrogens is 430 g/mol. The first-order valence-corrected chi connectivity index (χ1v) is 11.4. The van der Waals surface area contributed by atoms with Crippen LogP contribution in [0.25, 0.3) is 5.65 Å². The van der Waals surface area contributed by atoms with E-state index < -0.39 is 6.04 Å². The number of aryl methyl sites for hydroxylation is 1. The Kier molecular flexibility index (Phi) is 7.12. The number of carbonyl (C=O) groups excluding carboxylic acids is 1. The highest BCUT2D eigenvalue weighted by atomic mass is 35.5. The Morgan fingerprint density at radius 2 is 2.06 bits per heavy atom. The minimum atomic E-state index is -0.397. The van der Waals surface area contributed by atoms with Gasteiger partial charge in [-0.25, -0.2) is 14.3 Å². The lowest BCUT2D eigenvalue weighted by Crippen LogP contribution is -2.57. The Hall–Kier alpha value is -2.84. The van der Waals surface area contributed by atoms with E-state index in [1.54, 1.807) is 10.6 Å². The van der Waals surface area contributed by atoms with Crippen molar-refractivity contribution in [2.24, 2.45) is 0 Å². The van der Waals surface area contributed by atoms with Gasteiger partial charge in [0.15, 0.2) is 5.65 Å². The summed E-state index contributed by atoms with van der Waals surface area (Å²) in [6, 6.07) is 12.7. The molecule has 1 aromatic carbocycles. The molecule has 0 bridgehead atoms. The number of piperazine rings is 1. The van der Waals surface area contributed by atoms with Crippen LogP contribution < -0.4 is 10.6 Å². The van der Waals surface area contributed by atoms with E-state index in [4.69, 9.17) is 16.3 Å². The minimum absolute atomic E-state index is 0.132. The molecule has 170 valence electrons. The Morgan fingerprint density at radius 1 is 1.19 bits per heavy atom. The fourth-order valence-corrected chi connectivity index (χ4v) is 4.25. The zero-order valence-corrected chi connectivity index (χ0v) is 18.9. The molecule has 0 amide bonds. The van der Waals surface area contributed by atoms with Crippen molar-refractivity contribution in [3.05, 3.63) is 64.2 Å². The first-order valence-electron chi connectivity index (χ1n) is 11.0. The highest BCUT2D eigenvalue weighted by Gasteiger charge is 2.33. The van der Waals surface area contributed by atoms with E-state index in [9.17, 15) is 9.59 Å². The highest BCUT2D eigenvalue weighted by Crippen LogP contribution is 2.24. The van der Waals surface area contributed by atoms with Crippen LogP contribution in [-0.2, 0) is 16.1 Å². The average molecular weight is 458 g/mol. The van der Waals surface area contributed by atoms with Crippen molar-refractivity contribution in [2.75, 3.05) is 37.7 Å². The van der Waals surface area contributed by atoms with Gasteiger partial charge < -0.3 is 9.64 Å². The number of nitrogens with zero attached hydrogens (tertiary/aromatic N) is 5. The van der Waals surface area contributed by atoms with Crippen LogP contribution in [0.2, 0.25) is 5.02 Å². The van der Waals surface area contributed by atoms with Crippen LogP contribution in [0.3, 0.4) is 0 Å². The molecule has 0 spiro atoms. The number of halogens is 1. The maximum Gasteiger partial charge on any atom is 0.350 e. The Bertz CT molecular complexity index is 1130. The van der Waals surface area contributed by atoms with Crippen molar-refractivity contribution >= 4 is 28.9 Å². The predicted molar refractivity (Wildman–Crippen MR) is 124 cm³/mol. The second-order valence-electron chi connectivity index (χ2n) is 7.95. The largest absolute Gasteiger partial charge is 0.464 e. The van der Waals surface area contributed by atoms with Crippen LogP contribution in [-0.4, -0.2) is 63.9 Å². The predicted octanol–water partition coefficient (Wildman–Crippen LogP) is 2.68. The fourth-order valence-electron chi connectivity index (χ4n) is 4.06. The van der Waals surface area contributed by atoms with Crippen LogP contribution in [0.15, 0.2) is 53.5 Å². The number of esters is 1. The molecule has 0 N–H and O–H groups in total. The second-order valence-corrected chi connectivity index (χ2v) is 8.38. The third-order valence-corrected chi connectivity index (χ3v) is 5.89. The maximum absolute atomic E-state index is 12.8. The van der Waals surface area contributed by atoms with Crippen LogP contribution >= 0.6 is 11.6 Å². The Labute approximate surface area is 191 Å². The molecule has 8 nitrogen and oxygen atoms in total. The van der Waals surface area contributed by atoms with Crippen LogP contribution in [0.5, 0.6) is 0 Å². The zero-order chi connectivity index (χ0) is 22.5. The number of rotatable bonds is 8. The number of carbonyl (C=O) groups is 1. The van der Waals surface area contributed by atoms with Crippen LogP contribution in [0.1, 0.15) is 19.8 Å². The van der Waals surface area contributed by atoms with Gasteiger partial charge in [0.25, 0.3) is 0 Å². The molecule has 3 aromatic rings. The molecule has 32 heavy (non-hydrogen) atoms. The van der Waals surface area contributed by atoms with Gasteiger partial charge in [-0.1, -0.05) is 30.7 Å². The third-order valence-electron chi connectivity index (χ3n) is 5.66. The van der Waals surface area contributed by atoms with E-state index in [2.05, 4.69) is 14.9 Å². The van der Waals surface area contributed by atoms with E-state index in [0.717, 1.165) is 31.6 Å². The lowest BCUT2D eigenvalue weighted by Gasteiger charge is -2.41. The average Bonchev–Trinajstić information content (AvgIpc) is 3.13. The number of aromatic nitrogens is 3. The number of pyridine rings is 1. The molecule has 0 saturated carbocycles. The summed E-state index contributed by atoms with van der Waals surface area (Å²) in [7, 11) is 0. The van der Waals surface area contributed by atoms with Crippen molar-refractivity contribution in [1.82, 2.24) is 19.1 Å². The Balaban J connectivity index is 1.41. The summed E-state index contributed by atoms with van der Waals surface area (Å²) in [5, 5.41) is 5.03. The van der Waals surface area contributed by atoms with Gasteiger partial charge in [-0.2, -0.15) is 0 Å². The van der Waals surface area contributed by atoms with Crippen molar-refractivity contribution in [2.45, 2.75) is 32.4 Å². The van der Waals surface area contributed by atoms with Crippen LogP contribution in [0, 0.1) is 0 Å². The number of hydrogen-bond acceptors (Lipinski definition) is 6. The first kappa shape index (κ1) is 22.4. The van der Waals surface area contributed by atoms with Gasteiger partial charge in [-0.15, -0.1) is 5.10 Å². The molecule has 2 aromatic heterocycles. The van der Waals surface area contributed by atoms with Crippen molar-refractivity contribution in [3.8, 4) is 0 Å². The molecule has 1 unspecified atom stereocenters. The van der Waals surface area contributed by atoms with E-state index in [1.807, 2.05) is 49.4 Å². The first-order chi connectivity index (χ1) is 15.6. The summed E-state index contributed by atoms with van der Waals surface area (Å²) < 4.78 is 8.54. The van der Waals surface area contributed by atoms with Gasteiger partial charge in [0.2, 0.25) is 0 Å². The van der Waals surface area contributed by atoms with Crippen molar-refractivity contribution < 1.29 is 9.53 Å². The number of ether oxygens (including phenoxy) is 1. The topological polar surface area (TPSA) is 72.1 Å². The van der Waals surface area contributed by atoms with Crippen molar-refractivity contribution in [1.29, 1.82) is 0 Å². The van der Waals surface area contributed by atoms with Gasteiger partial charge in [-0.3, -0.25) is 9.30 Å². The lowest BCUT2D eigenvalue weighted by atomic mass is 10.1. The smallest absolute Gasteiger partial charge is 0.350 e. The van der Waals surface area contributed by atoms with Crippen LogP contribution in [0.4, 0.5) is 5.69 Å². The molecule has 4 rings (SSSR count). The number of anilines is 1. The zero-order valence-electron chi connectivity index (χ0n) is 18.2. The van der Waals surface area contributed by atoms with Gasteiger partial charge in [-0.05, 0) is 43.2 Å². The summed E-state index contributed by atoms with van der Waals surface area (Å²) in [5.74, 6) is -0.215. The highest BCUT2D eigenvalue weighted by molar-refractivity contribution is 6.30. The SMILES string of the molecule is CCCOC(=O)C1CN(CCCn2nc3ccccn3c2=O)CCN1c1cccc(Cl)c1. The number of benzene rings is 1. The molecule has 0 aliphatic carbocycles. The normalized spacial score (nSPS) is 17.1. The molecule has 1 fully saturated rings. The van der Waals surface area contributed by atoms with Gasteiger partial charge in [0, 0.05) is 49.6 Å². The minimum Gasteiger partial charge on any atom is -0.464 e. The standard InChI is InChI=1S/C23H28ClN5O3/c1-2-15-32-22(30)20-17-26(13-14-27(20)19-8-5-7-18(24)16-19)10-6-12-29-23(31)28-11-4-3-9-21(28)25-29/h3-5,7-9,11,16,20H,2,6,10,12-15,17H2,1H3. The summed E-state index contributed by atoms with van der Waals surface area (Å²) in [5.41, 5.74) is 1.44. The maximum atomic E-state index is 12.8. The molecule has 1 saturated heterocycles. The van der Waals surface area contributed by atoms with E-state index >= 15 is 0 Å². The molecule has 3 heterocycles. The van der Waals surface area contributed by atoms with E-state index in [0.29, 0.717) is 36.9 Å². The number of fused-ring (bicyclic) bond motifs is 1. The molecule has 1 atom stereocenters. The summed E-state index contributed by atoms with van der Waals surface area (Å²) >= 11 is 6.18. The van der Waals surface area contributed by atoms with Crippen molar-refractivity contribution in [3.63, 3.8) is 0 Å². The summed E-state index contributed by atoms with van der Waals surface area (Å²) in [6.07, 6.45) is 3.27. The van der Waals surface area contributed by atoms with Gasteiger partial charge in [0.05, 0.1) is 6.61 Å². The summed E-state index contributed by atoms with van der Waals surface area (Å²) in [6.45, 7) is 5.76. The van der Waals surface area contributed by atoms with Gasteiger partial charge >= 0.3 is 11.7 Å². The molecule has 0 radical (unpaired) electrons. The lowest BCUT2D eigenvalue weighted by molar-refractivity contribution is -0.146. The molecule has 1 aliphatic rings.